The number of methoxy groups -OCH3 is 2. The predicted octanol–water partition coefficient (Wildman–Crippen LogP) is 1.80. The molecule has 0 radical (unpaired) electrons. The standard InChI is InChI=1S/C16H21N3O6S/c1-11-9-15(18-25-11)17-16(20)7-8-19(26(4,21)22)12-5-6-13(23-2)14(10-12)24-3/h5-6,9-10H,7-8H2,1-4H3,(H,17,18,20). The number of sulfonamides is 1. The zero-order valence-electron chi connectivity index (χ0n) is 15.0. The quantitative estimate of drug-likeness (QED) is 0.740. The molecule has 142 valence electrons. The van der Waals surface area contributed by atoms with Gasteiger partial charge in [0.1, 0.15) is 5.76 Å². The van der Waals surface area contributed by atoms with E-state index in [4.69, 9.17) is 14.0 Å². The highest BCUT2D eigenvalue weighted by atomic mass is 32.2. The largest absolute Gasteiger partial charge is 0.493 e. The van der Waals surface area contributed by atoms with Crippen LogP contribution in [0.5, 0.6) is 11.5 Å². The number of carbonyl (C=O) groups is 1. The average molecular weight is 383 g/mol. The van der Waals surface area contributed by atoms with E-state index < -0.39 is 10.0 Å². The fourth-order valence-corrected chi connectivity index (χ4v) is 3.22. The molecule has 0 spiro atoms. The smallest absolute Gasteiger partial charge is 0.232 e. The molecule has 0 fully saturated rings. The molecule has 0 aliphatic carbocycles. The van der Waals surface area contributed by atoms with Gasteiger partial charge in [-0.05, 0) is 19.1 Å². The van der Waals surface area contributed by atoms with Crippen molar-refractivity contribution in [3.8, 4) is 11.5 Å². The maximum absolute atomic E-state index is 12.2. The maximum atomic E-state index is 12.2. The van der Waals surface area contributed by atoms with E-state index in [0.29, 0.717) is 22.9 Å². The van der Waals surface area contributed by atoms with Crippen molar-refractivity contribution in [2.45, 2.75) is 13.3 Å². The van der Waals surface area contributed by atoms with Crippen molar-refractivity contribution in [1.29, 1.82) is 0 Å². The van der Waals surface area contributed by atoms with E-state index in [1.807, 2.05) is 0 Å². The Morgan fingerprint density at radius 3 is 2.46 bits per heavy atom. The summed E-state index contributed by atoms with van der Waals surface area (Å²) >= 11 is 0. The summed E-state index contributed by atoms with van der Waals surface area (Å²) in [6, 6.07) is 6.30. The Balaban J connectivity index is 2.14. The van der Waals surface area contributed by atoms with Crippen molar-refractivity contribution in [3.63, 3.8) is 0 Å². The Hall–Kier alpha value is -2.75. The zero-order valence-corrected chi connectivity index (χ0v) is 15.8. The predicted molar refractivity (Wildman–Crippen MR) is 96.2 cm³/mol. The highest BCUT2D eigenvalue weighted by Crippen LogP contribution is 2.32. The number of rotatable bonds is 8. The number of hydrogen-bond donors (Lipinski definition) is 1. The van der Waals surface area contributed by atoms with Crippen LogP contribution in [0.15, 0.2) is 28.8 Å². The second-order valence-corrected chi connectivity index (χ2v) is 7.40. The normalized spacial score (nSPS) is 11.1. The van der Waals surface area contributed by atoms with Crippen molar-refractivity contribution < 1.29 is 27.2 Å². The minimum absolute atomic E-state index is 0.0447. The van der Waals surface area contributed by atoms with Gasteiger partial charge in [-0.25, -0.2) is 8.42 Å². The molecule has 1 aromatic heterocycles. The fraction of sp³-hybridized carbons (Fsp3) is 0.375. The summed E-state index contributed by atoms with van der Waals surface area (Å²) in [5.41, 5.74) is 0.371. The summed E-state index contributed by atoms with van der Waals surface area (Å²) in [6.45, 7) is 1.65. The van der Waals surface area contributed by atoms with Crippen LogP contribution < -0.4 is 19.1 Å². The third kappa shape index (κ3) is 4.88. The Labute approximate surface area is 151 Å². The van der Waals surface area contributed by atoms with Crippen molar-refractivity contribution in [3.05, 3.63) is 30.0 Å². The molecular weight excluding hydrogens is 362 g/mol. The molecular formula is C16H21N3O6S. The number of ether oxygens (including phenoxy) is 2. The average Bonchev–Trinajstić information content (AvgIpc) is 2.98. The van der Waals surface area contributed by atoms with E-state index in [2.05, 4.69) is 10.5 Å². The molecule has 2 rings (SSSR count). The van der Waals surface area contributed by atoms with Crippen LogP contribution in [0.25, 0.3) is 0 Å². The van der Waals surface area contributed by atoms with E-state index >= 15 is 0 Å². The number of aryl methyl sites for hydroxylation is 1. The Kier molecular flexibility index (Phi) is 6.09. The number of nitrogens with zero attached hydrogens (tertiary/aromatic N) is 2. The summed E-state index contributed by atoms with van der Waals surface area (Å²) in [4.78, 5) is 12.0. The Morgan fingerprint density at radius 1 is 1.23 bits per heavy atom. The van der Waals surface area contributed by atoms with Crippen LogP contribution in [-0.2, 0) is 14.8 Å². The lowest BCUT2D eigenvalue weighted by atomic mass is 10.2. The van der Waals surface area contributed by atoms with Crippen LogP contribution in [0.1, 0.15) is 12.2 Å². The SMILES string of the molecule is COc1ccc(N(CCC(=O)Nc2cc(C)on2)S(C)(=O)=O)cc1OC. The van der Waals surface area contributed by atoms with E-state index in [9.17, 15) is 13.2 Å². The van der Waals surface area contributed by atoms with Crippen LogP contribution in [0, 0.1) is 6.92 Å². The molecule has 26 heavy (non-hydrogen) atoms. The first-order valence-corrected chi connectivity index (χ1v) is 9.52. The first kappa shape index (κ1) is 19.6. The first-order chi connectivity index (χ1) is 12.2. The molecule has 1 heterocycles. The molecule has 1 aromatic carbocycles. The second kappa shape index (κ2) is 8.09. The van der Waals surface area contributed by atoms with Crippen LogP contribution in [0.3, 0.4) is 0 Å². The third-order valence-electron chi connectivity index (χ3n) is 3.49. The van der Waals surface area contributed by atoms with Gasteiger partial charge in [0.15, 0.2) is 17.3 Å². The van der Waals surface area contributed by atoms with Gasteiger partial charge in [-0.15, -0.1) is 0 Å². The molecule has 0 atom stereocenters. The third-order valence-corrected chi connectivity index (χ3v) is 4.69. The second-order valence-electron chi connectivity index (χ2n) is 5.50. The lowest BCUT2D eigenvalue weighted by Gasteiger charge is -2.23. The zero-order chi connectivity index (χ0) is 19.3. The van der Waals surface area contributed by atoms with Crippen LogP contribution in [-0.4, -0.2) is 46.5 Å². The number of hydrogen-bond acceptors (Lipinski definition) is 7. The molecule has 1 amide bonds. The van der Waals surface area contributed by atoms with E-state index in [1.165, 1.54) is 14.2 Å². The van der Waals surface area contributed by atoms with Crippen LogP contribution >= 0.6 is 0 Å². The number of anilines is 2. The van der Waals surface area contributed by atoms with Crippen LogP contribution in [0.4, 0.5) is 11.5 Å². The topological polar surface area (TPSA) is 111 Å². The van der Waals surface area contributed by atoms with E-state index in [-0.39, 0.29) is 24.7 Å². The highest BCUT2D eigenvalue weighted by Gasteiger charge is 2.20. The molecule has 0 bridgehead atoms. The number of benzene rings is 1. The summed E-state index contributed by atoms with van der Waals surface area (Å²) in [5, 5.41) is 6.21. The van der Waals surface area contributed by atoms with Gasteiger partial charge < -0.3 is 19.3 Å². The minimum Gasteiger partial charge on any atom is -0.493 e. The lowest BCUT2D eigenvalue weighted by Crippen LogP contribution is -2.33. The van der Waals surface area contributed by atoms with Crippen molar-refractivity contribution in [2.75, 3.05) is 36.6 Å². The van der Waals surface area contributed by atoms with Gasteiger partial charge in [0, 0.05) is 25.1 Å². The maximum Gasteiger partial charge on any atom is 0.232 e. The number of nitrogens with one attached hydrogen (secondary N) is 1. The van der Waals surface area contributed by atoms with Crippen molar-refractivity contribution >= 4 is 27.4 Å². The molecule has 0 saturated carbocycles. The van der Waals surface area contributed by atoms with Gasteiger partial charge >= 0.3 is 0 Å². The number of carbonyl (C=O) groups excluding carboxylic acids is 1. The summed E-state index contributed by atoms with van der Waals surface area (Å²) in [5.74, 6) is 1.32. The molecule has 0 aliphatic heterocycles. The van der Waals surface area contributed by atoms with Gasteiger partial charge in [0.05, 0.1) is 26.2 Å². The summed E-state index contributed by atoms with van der Waals surface area (Å²) in [7, 11) is -0.658. The molecule has 2 aromatic rings. The Morgan fingerprint density at radius 2 is 1.92 bits per heavy atom. The van der Waals surface area contributed by atoms with Crippen molar-refractivity contribution in [1.82, 2.24) is 5.16 Å². The lowest BCUT2D eigenvalue weighted by molar-refractivity contribution is -0.116. The van der Waals surface area contributed by atoms with Gasteiger partial charge in [-0.1, -0.05) is 5.16 Å². The van der Waals surface area contributed by atoms with E-state index in [1.54, 1.807) is 31.2 Å². The Bertz CT molecular complexity index is 878. The van der Waals surface area contributed by atoms with Gasteiger partial charge in [-0.2, -0.15) is 0 Å². The molecule has 0 unspecified atom stereocenters. The molecule has 10 heteroatoms. The van der Waals surface area contributed by atoms with Gasteiger partial charge in [-0.3, -0.25) is 9.10 Å². The highest BCUT2D eigenvalue weighted by molar-refractivity contribution is 7.92. The summed E-state index contributed by atoms with van der Waals surface area (Å²) < 4.78 is 40.7. The first-order valence-electron chi connectivity index (χ1n) is 7.67. The number of aromatic nitrogens is 1. The van der Waals surface area contributed by atoms with Crippen LogP contribution in [0.2, 0.25) is 0 Å². The minimum atomic E-state index is -3.60. The number of amides is 1. The molecule has 0 aliphatic rings. The monoisotopic (exact) mass is 383 g/mol. The van der Waals surface area contributed by atoms with Gasteiger partial charge in [0.25, 0.3) is 0 Å². The molecule has 1 N–H and O–H groups in total. The fourth-order valence-electron chi connectivity index (χ4n) is 2.30. The molecule has 9 nitrogen and oxygen atoms in total. The summed E-state index contributed by atoms with van der Waals surface area (Å²) in [6.07, 6.45) is 1.01. The van der Waals surface area contributed by atoms with Gasteiger partial charge in [0.2, 0.25) is 15.9 Å². The molecule has 0 saturated heterocycles. The van der Waals surface area contributed by atoms with Crippen molar-refractivity contribution in [2.24, 2.45) is 0 Å². The van der Waals surface area contributed by atoms with E-state index in [0.717, 1.165) is 10.6 Å².